The van der Waals surface area contributed by atoms with Gasteiger partial charge in [-0.3, -0.25) is 4.79 Å². The second kappa shape index (κ2) is 3.92. The van der Waals surface area contributed by atoms with Crippen LogP contribution < -0.4 is 5.32 Å². The molecule has 5 nitrogen and oxygen atoms in total. The van der Waals surface area contributed by atoms with Crippen LogP contribution in [-0.2, 0) is 14.3 Å². The summed E-state index contributed by atoms with van der Waals surface area (Å²) in [5.41, 5.74) is -0.570. The van der Waals surface area contributed by atoms with Crippen LogP contribution in [0.3, 0.4) is 0 Å². The van der Waals surface area contributed by atoms with Gasteiger partial charge in [-0.2, -0.15) is 0 Å². The quantitative estimate of drug-likeness (QED) is 0.663. The summed E-state index contributed by atoms with van der Waals surface area (Å²) < 4.78 is 4.94. The molecule has 1 rings (SSSR count). The fraction of sp³-hybridized carbons (Fsp3) is 0.600. The zero-order valence-electron chi connectivity index (χ0n) is 9.46. The summed E-state index contributed by atoms with van der Waals surface area (Å²) in [6.07, 6.45) is 1.59. The van der Waals surface area contributed by atoms with Gasteiger partial charge in [0.1, 0.15) is 0 Å². The van der Waals surface area contributed by atoms with Crippen molar-refractivity contribution in [1.82, 2.24) is 10.2 Å². The third-order valence-corrected chi connectivity index (χ3v) is 2.62. The maximum absolute atomic E-state index is 11.7. The van der Waals surface area contributed by atoms with Gasteiger partial charge in [-0.15, -0.1) is 0 Å². The molecule has 0 aromatic heterocycles. The highest BCUT2D eigenvalue weighted by atomic mass is 16.5. The van der Waals surface area contributed by atoms with Crippen LogP contribution in [0, 0.1) is 0 Å². The van der Waals surface area contributed by atoms with Crippen LogP contribution in [0.4, 0.5) is 0 Å². The lowest BCUT2D eigenvalue weighted by molar-refractivity contribution is -0.155. The molecule has 0 saturated carbocycles. The van der Waals surface area contributed by atoms with Crippen LogP contribution in [0.1, 0.15) is 13.8 Å². The number of amides is 1. The summed E-state index contributed by atoms with van der Waals surface area (Å²) in [7, 11) is 3.23. The van der Waals surface area contributed by atoms with E-state index in [4.69, 9.17) is 4.74 Å². The Labute approximate surface area is 89.1 Å². The number of hydrogen-bond acceptors (Lipinski definition) is 4. The molecule has 0 aromatic rings. The van der Waals surface area contributed by atoms with Crippen LogP contribution in [0.15, 0.2) is 11.8 Å². The molecule has 1 N–H and O–H groups in total. The Bertz CT molecular complexity index is 325. The lowest BCUT2D eigenvalue weighted by atomic mass is 10.0. The van der Waals surface area contributed by atoms with Crippen LogP contribution in [0.2, 0.25) is 0 Å². The topological polar surface area (TPSA) is 58.6 Å². The largest absolute Gasteiger partial charge is 0.464 e. The monoisotopic (exact) mass is 212 g/mol. The summed E-state index contributed by atoms with van der Waals surface area (Å²) in [5.74, 6) is -0.612. The number of rotatable bonds is 3. The number of esters is 1. The van der Waals surface area contributed by atoms with Gasteiger partial charge in [0.15, 0.2) is 5.54 Å². The van der Waals surface area contributed by atoms with Gasteiger partial charge < -0.3 is 15.0 Å². The molecule has 0 saturated heterocycles. The number of carbonyl (C=O) groups is 2. The van der Waals surface area contributed by atoms with Crippen LogP contribution in [0.5, 0.6) is 0 Å². The van der Waals surface area contributed by atoms with E-state index in [9.17, 15) is 9.59 Å². The highest BCUT2D eigenvalue weighted by Crippen LogP contribution is 2.26. The minimum Gasteiger partial charge on any atom is -0.464 e. The van der Waals surface area contributed by atoms with E-state index in [0.717, 1.165) is 0 Å². The van der Waals surface area contributed by atoms with Crippen LogP contribution in [-0.4, -0.2) is 43.0 Å². The van der Waals surface area contributed by atoms with Gasteiger partial charge in [0, 0.05) is 14.1 Å². The molecule has 0 fully saturated rings. The molecule has 84 valence electrons. The van der Waals surface area contributed by atoms with Crippen molar-refractivity contribution >= 4 is 11.9 Å². The molecular formula is C10H16N2O3. The van der Waals surface area contributed by atoms with Crippen molar-refractivity contribution in [2.24, 2.45) is 0 Å². The van der Waals surface area contributed by atoms with Crippen molar-refractivity contribution in [3.8, 4) is 0 Å². The zero-order chi connectivity index (χ0) is 11.6. The van der Waals surface area contributed by atoms with Gasteiger partial charge in [0.25, 0.3) is 5.91 Å². The summed E-state index contributed by atoms with van der Waals surface area (Å²) in [5, 5.41) is 2.76. The summed E-state index contributed by atoms with van der Waals surface area (Å²) in [6.45, 7) is 3.70. The van der Waals surface area contributed by atoms with E-state index >= 15 is 0 Å². The molecule has 1 unspecified atom stereocenters. The molecule has 1 amide bonds. The van der Waals surface area contributed by atoms with Crippen LogP contribution in [0.25, 0.3) is 0 Å². The maximum Gasteiger partial charge on any atom is 0.335 e. The Morgan fingerprint density at radius 1 is 1.67 bits per heavy atom. The van der Waals surface area contributed by atoms with Gasteiger partial charge in [-0.05, 0) is 19.9 Å². The predicted octanol–water partition coefficient (Wildman–Crippen LogP) is -0.116. The molecule has 0 aromatic carbocycles. The number of nitrogens with one attached hydrogen (secondary N) is 1. The summed E-state index contributed by atoms with van der Waals surface area (Å²) >= 11 is 0. The molecule has 15 heavy (non-hydrogen) atoms. The van der Waals surface area contributed by atoms with Gasteiger partial charge in [0.05, 0.1) is 12.3 Å². The maximum atomic E-state index is 11.7. The molecule has 1 atom stereocenters. The normalized spacial score (nSPS) is 25.2. The number of carbonyl (C=O) groups excluding carboxylic acids is 2. The van der Waals surface area contributed by atoms with Gasteiger partial charge in [-0.25, -0.2) is 4.79 Å². The standard InChI is InChI=1S/C10H16N2O3/c1-5-15-9(14)10(2)6-7(11-3)8(13)12(10)4/h6,11H,5H2,1-4H3. The van der Waals surface area contributed by atoms with E-state index in [1.54, 1.807) is 34.0 Å². The molecule has 0 aliphatic carbocycles. The van der Waals surface area contributed by atoms with E-state index in [0.29, 0.717) is 12.3 Å². The molecule has 0 bridgehead atoms. The molecule has 5 heteroatoms. The van der Waals surface area contributed by atoms with Gasteiger partial charge >= 0.3 is 5.97 Å². The van der Waals surface area contributed by atoms with E-state index in [-0.39, 0.29) is 5.91 Å². The average Bonchev–Trinajstić information content (AvgIpc) is 2.44. The second-order valence-electron chi connectivity index (χ2n) is 3.54. The smallest absolute Gasteiger partial charge is 0.335 e. The molecular weight excluding hydrogens is 196 g/mol. The van der Waals surface area contributed by atoms with Crippen molar-refractivity contribution < 1.29 is 14.3 Å². The molecule has 0 radical (unpaired) electrons. The lowest BCUT2D eigenvalue weighted by Gasteiger charge is -2.28. The van der Waals surface area contributed by atoms with Gasteiger partial charge in [0.2, 0.25) is 0 Å². The Morgan fingerprint density at radius 2 is 2.27 bits per heavy atom. The Hall–Kier alpha value is -1.52. The molecule has 1 heterocycles. The molecule has 0 spiro atoms. The minimum absolute atomic E-state index is 0.201. The van der Waals surface area contributed by atoms with Gasteiger partial charge in [-0.1, -0.05) is 0 Å². The first-order chi connectivity index (χ1) is 6.97. The third kappa shape index (κ3) is 1.69. The third-order valence-electron chi connectivity index (χ3n) is 2.62. The van der Waals surface area contributed by atoms with E-state index in [1.165, 1.54) is 4.90 Å². The highest BCUT2D eigenvalue weighted by molar-refractivity contribution is 6.02. The fourth-order valence-electron chi connectivity index (χ4n) is 1.48. The number of ether oxygens (including phenoxy) is 1. The van der Waals surface area contributed by atoms with E-state index < -0.39 is 11.5 Å². The Kier molecular flexibility index (Phi) is 3.02. The van der Waals surface area contributed by atoms with Crippen molar-refractivity contribution in [2.75, 3.05) is 20.7 Å². The van der Waals surface area contributed by atoms with Crippen LogP contribution >= 0.6 is 0 Å². The summed E-state index contributed by atoms with van der Waals surface area (Å²) in [6, 6.07) is 0. The molecule has 1 aliphatic rings. The summed E-state index contributed by atoms with van der Waals surface area (Å²) in [4.78, 5) is 24.7. The highest BCUT2D eigenvalue weighted by Gasteiger charge is 2.46. The van der Waals surface area contributed by atoms with Crippen molar-refractivity contribution in [3.63, 3.8) is 0 Å². The minimum atomic E-state index is -0.995. The SMILES string of the molecule is CCOC(=O)C1(C)C=C(NC)C(=O)N1C. The number of hydrogen-bond donors (Lipinski definition) is 1. The van der Waals surface area contributed by atoms with E-state index in [1.807, 2.05) is 0 Å². The zero-order valence-corrected chi connectivity index (χ0v) is 9.46. The first kappa shape index (κ1) is 11.6. The lowest BCUT2D eigenvalue weighted by Crippen LogP contribution is -2.48. The second-order valence-corrected chi connectivity index (χ2v) is 3.54. The average molecular weight is 212 g/mol. The Morgan fingerprint density at radius 3 is 2.67 bits per heavy atom. The Balaban J connectivity index is 2.99. The number of likely N-dealkylation sites (N-methyl/N-ethyl adjacent to an activating group) is 2. The fourth-order valence-corrected chi connectivity index (χ4v) is 1.48. The molecule has 1 aliphatic heterocycles. The first-order valence-corrected chi connectivity index (χ1v) is 4.83. The number of nitrogens with zero attached hydrogens (tertiary/aromatic N) is 1. The van der Waals surface area contributed by atoms with Crippen molar-refractivity contribution in [1.29, 1.82) is 0 Å². The van der Waals surface area contributed by atoms with E-state index in [2.05, 4.69) is 5.32 Å². The predicted molar refractivity (Wildman–Crippen MR) is 55.0 cm³/mol. The first-order valence-electron chi connectivity index (χ1n) is 4.83. The van der Waals surface area contributed by atoms with Crippen molar-refractivity contribution in [2.45, 2.75) is 19.4 Å². The van der Waals surface area contributed by atoms with Crippen molar-refractivity contribution in [3.05, 3.63) is 11.8 Å².